The van der Waals surface area contributed by atoms with Crippen LogP contribution in [0.3, 0.4) is 0 Å². The quantitative estimate of drug-likeness (QED) is 0.0402. The van der Waals surface area contributed by atoms with Crippen LogP contribution in [-0.2, 0) is 46.0 Å². The maximum Gasteiger partial charge on any atom is 0.415 e. The van der Waals surface area contributed by atoms with Crippen LogP contribution in [0.2, 0.25) is 0 Å². The van der Waals surface area contributed by atoms with Gasteiger partial charge in [-0.2, -0.15) is 0 Å². The number of carbonyl (C=O) groups is 3. The molecule has 1 atom stereocenters. The van der Waals surface area contributed by atoms with Crippen molar-refractivity contribution in [1.82, 2.24) is 19.0 Å². The normalized spacial score (nSPS) is 15.2. The zero-order valence-corrected chi connectivity index (χ0v) is 36.1. The van der Waals surface area contributed by atoms with E-state index in [-0.39, 0.29) is 78.2 Å². The van der Waals surface area contributed by atoms with Crippen LogP contribution >= 0.6 is 0 Å². The lowest BCUT2D eigenvalue weighted by Crippen LogP contribution is -2.44. The molecule has 1 unspecified atom stereocenters. The number of aromatic nitrogens is 3. The molecule has 3 amide bonds. The number of aromatic hydroxyl groups is 2. The molecule has 332 valence electrons. The molecule has 0 fully saturated rings. The number of anilines is 1. The van der Waals surface area contributed by atoms with Crippen LogP contribution in [0.25, 0.3) is 33.2 Å². The molecule has 17 nitrogen and oxygen atoms in total. The second-order valence-electron chi connectivity index (χ2n) is 16.3. The second kappa shape index (κ2) is 16.8. The number of aliphatic hydroxyl groups is 1. The molecule has 0 bridgehead atoms. The number of hydrogen-bond donors (Lipinski definition) is 5. The number of cyclic esters (lactones) is 1. The van der Waals surface area contributed by atoms with Gasteiger partial charge in [0.1, 0.15) is 29.7 Å². The molecular formula is C47H49N7O10. The van der Waals surface area contributed by atoms with Gasteiger partial charge in [-0.1, -0.05) is 27.7 Å². The molecule has 3 aromatic heterocycles. The average Bonchev–Trinajstić information content (AvgIpc) is 3.84. The lowest BCUT2D eigenvalue weighted by atomic mass is 9.86. The number of benzene rings is 3. The highest BCUT2D eigenvalue weighted by molar-refractivity contribution is 6.22. The third-order valence-corrected chi connectivity index (χ3v) is 12.2. The lowest BCUT2D eigenvalue weighted by Gasteiger charge is -2.31. The fourth-order valence-corrected chi connectivity index (χ4v) is 8.60. The van der Waals surface area contributed by atoms with E-state index in [1.54, 1.807) is 61.0 Å². The van der Waals surface area contributed by atoms with E-state index in [1.807, 2.05) is 37.6 Å². The van der Waals surface area contributed by atoms with Crippen LogP contribution in [0.15, 0.2) is 71.7 Å². The summed E-state index contributed by atoms with van der Waals surface area (Å²) in [6.45, 7) is 8.74. The Labute approximate surface area is 367 Å². The number of aryl methyl sites for hydroxylation is 1. The highest BCUT2D eigenvalue weighted by Crippen LogP contribution is 2.41. The predicted octanol–water partition coefficient (Wildman–Crippen LogP) is 6.19. The van der Waals surface area contributed by atoms with Crippen LogP contribution in [0.1, 0.15) is 73.4 Å². The smallest absolute Gasteiger partial charge is 0.415 e. The summed E-state index contributed by atoms with van der Waals surface area (Å²) in [4.78, 5) is 59.4. The highest BCUT2D eigenvalue weighted by Gasteiger charge is 2.45. The molecule has 0 spiro atoms. The number of amidine groups is 1. The molecule has 2 aliphatic rings. The first kappa shape index (κ1) is 43.4. The summed E-state index contributed by atoms with van der Waals surface area (Å²) in [6, 6.07) is 15.6. The van der Waals surface area contributed by atoms with E-state index in [9.17, 15) is 34.5 Å². The number of nitrogens with two attached hydrogens (primary N) is 1. The summed E-state index contributed by atoms with van der Waals surface area (Å²) in [5, 5.41) is 42.4. The van der Waals surface area contributed by atoms with Crippen LogP contribution in [0, 0.1) is 5.41 Å². The number of ether oxygens (including phenoxy) is 3. The highest BCUT2D eigenvalue weighted by atomic mass is 16.6. The average molecular weight is 872 g/mol. The van der Waals surface area contributed by atoms with Gasteiger partial charge in [0.05, 0.1) is 53.5 Å². The minimum absolute atomic E-state index is 0.0477. The van der Waals surface area contributed by atoms with Crippen molar-refractivity contribution in [2.75, 3.05) is 31.7 Å². The van der Waals surface area contributed by atoms with Crippen molar-refractivity contribution in [3.63, 3.8) is 0 Å². The topological polar surface area (TPSA) is 236 Å². The number of likely N-dealkylation sites (N-methyl/N-ethyl adjacent to an activating group) is 1. The van der Waals surface area contributed by atoms with E-state index in [0.29, 0.717) is 53.5 Å². The minimum atomic E-state index is -1.92. The number of phenols is 2. The van der Waals surface area contributed by atoms with Crippen LogP contribution in [-0.4, -0.2) is 85.1 Å². The molecule has 2 aliphatic heterocycles. The Bertz CT molecular complexity index is 2970. The van der Waals surface area contributed by atoms with Crippen molar-refractivity contribution in [3.05, 3.63) is 111 Å². The number of amides is 3. The van der Waals surface area contributed by atoms with Gasteiger partial charge in [-0.25, -0.2) is 24.3 Å². The first-order valence-electron chi connectivity index (χ1n) is 21.0. The summed E-state index contributed by atoms with van der Waals surface area (Å²) in [6.07, 6.45) is 1.95. The zero-order valence-electron chi connectivity index (χ0n) is 36.1. The van der Waals surface area contributed by atoms with Crippen molar-refractivity contribution < 1.29 is 43.9 Å². The molecule has 8 rings (SSSR count). The van der Waals surface area contributed by atoms with E-state index in [4.69, 9.17) is 30.3 Å². The molecule has 6 N–H and O–H groups in total. The van der Waals surface area contributed by atoms with Crippen molar-refractivity contribution in [2.24, 2.45) is 5.73 Å². The molecule has 0 saturated carbocycles. The molecule has 0 radical (unpaired) electrons. The molecule has 3 aromatic carbocycles. The summed E-state index contributed by atoms with van der Waals surface area (Å²) in [5.74, 6) is -1.36. The Morgan fingerprint density at radius 2 is 1.80 bits per heavy atom. The fourth-order valence-electron chi connectivity index (χ4n) is 8.60. The Balaban J connectivity index is 0.887. The van der Waals surface area contributed by atoms with Crippen molar-refractivity contribution in [2.45, 2.75) is 71.8 Å². The molecule has 17 heteroatoms. The Kier molecular flexibility index (Phi) is 11.4. The molecule has 0 aliphatic carbocycles. The predicted molar refractivity (Wildman–Crippen MR) is 238 cm³/mol. The number of rotatable bonds is 12. The monoisotopic (exact) mass is 871 g/mol. The fraction of sp³-hybridized carbons (Fsp3) is 0.319. The van der Waals surface area contributed by atoms with Gasteiger partial charge < -0.3 is 49.3 Å². The number of primary amides is 1. The first-order valence-corrected chi connectivity index (χ1v) is 21.0. The summed E-state index contributed by atoms with van der Waals surface area (Å²) in [5.41, 5.74) is 9.25. The van der Waals surface area contributed by atoms with Crippen LogP contribution in [0.5, 0.6) is 17.2 Å². The summed E-state index contributed by atoms with van der Waals surface area (Å²) >= 11 is 0. The Hall–Kier alpha value is -7.24. The SMILES string of the molecule is CCc1c2c(nc3ccc(OC(=O)N(C)CCOCCn4ccc5cc(N(C(=N)c6cc(C(C)C)c(O)cc6O)C(N)=O)ccc54)cc13)-c1cc3c(c(=O)n1C2)COC(=O)C3(O)CC. The van der Waals surface area contributed by atoms with Crippen molar-refractivity contribution in [1.29, 1.82) is 5.41 Å². The number of fused-ring (bicyclic) bond motifs is 6. The molecule has 64 heavy (non-hydrogen) atoms. The molecule has 5 heterocycles. The van der Waals surface area contributed by atoms with Gasteiger partial charge in [-0.3, -0.25) is 10.2 Å². The van der Waals surface area contributed by atoms with E-state index in [1.165, 1.54) is 11.0 Å². The van der Waals surface area contributed by atoms with Crippen LogP contribution < -0.4 is 20.9 Å². The Morgan fingerprint density at radius 1 is 1.02 bits per heavy atom. The van der Waals surface area contributed by atoms with E-state index in [2.05, 4.69) is 0 Å². The second-order valence-corrected chi connectivity index (χ2v) is 16.3. The lowest BCUT2D eigenvalue weighted by molar-refractivity contribution is -0.172. The Morgan fingerprint density at radius 3 is 2.52 bits per heavy atom. The number of carbonyl (C=O) groups excluding carboxylic acids is 3. The van der Waals surface area contributed by atoms with Gasteiger partial charge in [-0.05, 0) is 84.5 Å². The number of urea groups is 1. The van der Waals surface area contributed by atoms with Crippen LogP contribution in [0.4, 0.5) is 15.3 Å². The zero-order chi connectivity index (χ0) is 45.8. The summed E-state index contributed by atoms with van der Waals surface area (Å²) in [7, 11) is 1.61. The van der Waals surface area contributed by atoms with Gasteiger partial charge in [-0.15, -0.1) is 0 Å². The number of hydrogen-bond acceptors (Lipinski definition) is 12. The number of phenolic OH excluding ortho intramolecular Hbond substituents is 2. The largest absolute Gasteiger partial charge is 0.508 e. The number of nitrogens with zero attached hydrogens (tertiary/aromatic N) is 5. The number of pyridine rings is 2. The molecule has 6 aromatic rings. The van der Waals surface area contributed by atoms with Gasteiger partial charge in [0.15, 0.2) is 5.60 Å². The van der Waals surface area contributed by atoms with Crippen molar-refractivity contribution in [3.8, 4) is 28.6 Å². The van der Waals surface area contributed by atoms with Crippen molar-refractivity contribution >= 4 is 51.4 Å². The third kappa shape index (κ3) is 7.45. The maximum atomic E-state index is 13.7. The molecular weight excluding hydrogens is 823 g/mol. The van der Waals surface area contributed by atoms with E-state index >= 15 is 0 Å². The van der Waals surface area contributed by atoms with E-state index < -0.39 is 23.7 Å². The van der Waals surface area contributed by atoms with Gasteiger partial charge in [0, 0.05) is 59.8 Å². The van der Waals surface area contributed by atoms with Gasteiger partial charge >= 0.3 is 18.1 Å². The number of nitrogens with one attached hydrogen (secondary N) is 1. The third-order valence-electron chi connectivity index (χ3n) is 12.2. The number of esters is 1. The standard InChI is InChI=1S/C47H49N7O10/c1-6-29-31-19-28(9-10-36(31)50-41-33(29)23-53-38(41)21-35-34(43(53)57)24-63-44(58)47(35,61)7-2)64-46(60)51(5)14-16-62-17-15-52-13-12-26-18-27(8-11-37(26)52)54(45(49)59)42(48)32-20-30(25(3)4)39(55)22-40(32)56/h8-13,18-22,25,48,55-56,61H,6-7,14-17,23-24H2,1-5H3,(H2,49,59). The summed E-state index contributed by atoms with van der Waals surface area (Å²) < 4.78 is 20.4. The molecule has 0 saturated heterocycles. The van der Waals surface area contributed by atoms with Gasteiger partial charge in [0.2, 0.25) is 0 Å². The minimum Gasteiger partial charge on any atom is -0.508 e. The van der Waals surface area contributed by atoms with Gasteiger partial charge in [0.25, 0.3) is 5.56 Å². The van der Waals surface area contributed by atoms with E-state index in [0.717, 1.165) is 38.4 Å². The maximum absolute atomic E-state index is 13.7. The first-order chi connectivity index (χ1) is 30.6.